The minimum atomic E-state index is 0.647. The summed E-state index contributed by atoms with van der Waals surface area (Å²) in [6, 6.07) is 6.20. The normalized spacial score (nSPS) is 15.7. The Morgan fingerprint density at radius 3 is 2.76 bits per heavy atom. The number of methoxy groups -OCH3 is 1. The molecule has 0 bridgehead atoms. The van der Waals surface area contributed by atoms with E-state index in [0.717, 1.165) is 50.5 Å². The molecule has 0 radical (unpaired) electrons. The van der Waals surface area contributed by atoms with Crippen LogP contribution in [0.5, 0.6) is 11.5 Å². The zero-order chi connectivity index (χ0) is 15.1. The molecule has 0 fully saturated rings. The van der Waals surface area contributed by atoms with Crippen molar-refractivity contribution in [2.75, 3.05) is 39.9 Å². The molecule has 116 valence electrons. The van der Waals surface area contributed by atoms with Crippen LogP contribution in [0.4, 0.5) is 0 Å². The summed E-state index contributed by atoms with van der Waals surface area (Å²) < 4.78 is 11.0. The van der Waals surface area contributed by atoms with Gasteiger partial charge in [-0.25, -0.2) is 0 Å². The zero-order valence-corrected chi connectivity index (χ0v) is 13.1. The maximum atomic E-state index is 5.57. The van der Waals surface area contributed by atoms with E-state index >= 15 is 0 Å². The predicted molar refractivity (Wildman–Crippen MR) is 86.9 cm³/mol. The molecule has 21 heavy (non-hydrogen) atoms. The van der Waals surface area contributed by atoms with Crippen molar-refractivity contribution < 1.29 is 9.47 Å². The lowest BCUT2D eigenvalue weighted by atomic mass is 9.99. The van der Waals surface area contributed by atoms with Crippen molar-refractivity contribution in [3.8, 4) is 11.5 Å². The number of rotatable bonds is 7. The molecule has 2 N–H and O–H groups in total. The lowest BCUT2D eigenvalue weighted by Crippen LogP contribution is -2.30. The van der Waals surface area contributed by atoms with Crippen LogP contribution in [0.25, 0.3) is 5.57 Å². The Morgan fingerprint density at radius 1 is 1.29 bits per heavy atom. The van der Waals surface area contributed by atoms with Crippen LogP contribution in [0.1, 0.15) is 25.3 Å². The van der Waals surface area contributed by atoms with E-state index in [2.05, 4.69) is 23.1 Å². The third-order valence-electron chi connectivity index (χ3n) is 3.81. The highest BCUT2D eigenvalue weighted by Crippen LogP contribution is 2.32. The molecule has 0 aliphatic carbocycles. The first-order valence-corrected chi connectivity index (χ1v) is 7.71. The highest BCUT2D eigenvalue weighted by molar-refractivity contribution is 5.69. The molecular formula is C17H26N2O2. The molecule has 4 heteroatoms. The quantitative estimate of drug-likeness (QED) is 0.838. The molecule has 1 aliphatic rings. The van der Waals surface area contributed by atoms with Gasteiger partial charge in [0.15, 0.2) is 11.5 Å². The van der Waals surface area contributed by atoms with Gasteiger partial charge >= 0.3 is 0 Å². The standard InChI is InChI=1S/C17H26N2O2/c1-3-21-16-6-5-15(13-17(16)20-2)14-7-11-19(12-8-14)10-4-9-18/h5-7,13H,3-4,8-12,18H2,1-2H3. The zero-order valence-electron chi connectivity index (χ0n) is 13.1. The molecule has 0 atom stereocenters. The fourth-order valence-electron chi connectivity index (χ4n) is 2.63. The van der Waals surface area contributed by atoms with E-state index < -0.39 is 0 Å². The van der Waals surface area contributed by atoms with Crippen molar-refractivity contribution in [2.24, 2.45) is 5.73 Å². The van der Waals surface area contributed by atoms with Gasteiger partial charge in [-0.15, -0.1) is 0 Å². The second-order valence-corrected chi connectivity index (χ2v) is 5.22. The molecule has 1 aromatic rings. The molecule has 0 spiro atoms. The monoisotopic (exact) mass is 290 g/mol. The van der Waals surface area contributed by atoms with Crippen molar-refractivity contribution in [3.63, 3.8) is 0 Å². The molecule has 1 aliphatic heterocycles. The summed E-state index contributed by atoms with van der Waals surface area (Å²) in [7, 11) is 1.69. The second kappa shape index (κ2) is 8.05. The van der Waals surface area contributed by atoms with E-state index in [1.165, 1.54) is 11.1 Å². The molecule has 1 aromatic carbocycles. The maximum absolute atomic E-state index is 5.57. The van der Waals surface area contributed by atoms with Crippen LogP contribution in [0, 0.1) is 0 Å². The topological polar surface area (TPSA) is 47.7 Å². The van der Waals surface area contributed by atoms with Crippen LogP contribution in [0.2, 0.25) is 0 Å². The van der Waals surface area contributed by atoms with Gasteiger partial charge in [0.1, 0.15) is 0 Å². The third-order valence-corrected chi connectivity index (χ3v) is 3.81. The van der Waals surface area contributed by atoms with Crippen molar-refractivity contribution >= 4 is 5.57 Å². The number of hydrogen-bond acceptors (Lipinski definition) is 4. The van der Waals surface area contributed by atoms with Gasteiger partial charge in [0.2, 0.25) is 0 Å². The third kappa shape index (κ3) is 4.22. The molecule has 0 unspecified atom stereocenters. The van der Waals surface area contributed by atoms with Gasteiger partial charge in [0, 0.05) is 13.1 Å². The van der Waals surface area contributed by atoms with Crippen molar-refractivity contribution in [2.45, 2.75) is 19.8 Å². The Kier molecular flexibility index (Phi) is 6.08. The Hall–Kier alpha value is -1.52. The highest BCUT2D eigenvalue weighted by atomic mass is 16.5. The van der Waals surface area contributed by atoms with Crippen molar-refractivity contribution in [3.05, 3.63) is 29.8 Å². The summed E-state index contributed by atoms with van der Waals surface area (Å²) in [5.74, 6) is 1.62. The Bertz CT molecular complexity index is 486. The number of ether oxygens (including phenoxy) is 2. The van der Waals surface area contributed by atoms with Gasteiger partial charge in [-0.05, 0) is 56.1 Å². The lowest BCUT2D eigenvalue weighted by Gasteiger charge is -2.26. The number of nitrogens with two attached hydrogens (primary N) is 1. The summed E-state index contributed by atoms with van der Waals surface area (Å²) in [6.07, 6.45) is 4.46. The first-order chi connectivity index (χ1) is 10.3. The summed E-state index contributed by atoms with van der Waals surface area (Å²) in [4.78, 5) is 2.45. The molecule has 2 rings (SSSR count). The van der Waals surface area contributed by atoms with Crippen molar-refractivity contribution in [1.29, 1.82) is 0 Å². The van der Waals surface area contributed by atoms with E-state index in [1.54, 1.807) is 7.11 Å². The second-order valence-electron chi connectivity index (χ2n) is 5.22. The van der Waals surface area contributed by atoms with Gasteiger partial charge in [-0.1, -0.05) is 12.1 Å². The molecule has 0 aromatic heterocycles. The summed E-state index contributed by atoms with van der Waals surface area (Å²) >= 11 is 0. The molecule has 4 nitrogen and oxygen atoms in total. The van der Waals surface area contributed by atoms with Crippen LogP contribution in [0.3, 0.4) is 0 Å². The minimum absolute atomic E-state index is 0.647. The Morgan fingerprint density at radius 2 is 2.14 bits per heavy atom. The van der Waals surface area contributed by atoms with Gasteiger partial charge in [-0.3, -0.25) is 4.90 Å². The minimum Gasteiger partial charge on any atom is -0.493 e. The van der Waals surface area contributed by atoms with Crippen LogP contribution < -0.4 is 15.2 Å². The van der Waals surface area contributed by atoms with E-state index in [-0.39, 0.29) is 0 Å². The van der Waals surface area contributed by atoms with Gasteiger partial charge in [0.25, 0.3) is 0 Å². The molecular weight excluding hydrogens is 264 g/mol. The molecule has 0 saturated carbocycles. The first kappa shape index (κ1) is 15.9. The smallest absolute Gasteiger partial charge is 0.161 e. The highest BCUT2D eigenvalue weighted by Gasteiger charge is 2.14. The Labute approximate surface area is 127 Å². The fourth-order valence-corrected chi connectivity index (χ4v) is 2.63. The van der Waals surface area contributed by atoms with E-state index in [9.17, 15) is 0 Å². The van der Waals surface area contributed by atoms with Crippen LogP contribution in [0.15, 0.2) is 24.3 Å². The first-order valence-electron chi connectivity index (χ1n) is 7.71. The number of hydrogen-bond donors (Lipinski definition) is 1. The largest absolute Gasteiger partial charge is 0.493 e. The van der Waals surface area contributed by atoms with Gasteiger partial charge in [-0.2, -0.15) is 0 Å². The SMILES string of the molecule is CCOc1ccc(C2=CCN(CCCN)CC2)cc1OC. The van der Waals surface area contributed by atoms with Crippen molar-refractivity contribution in [1.82, 2.24) is 4.90 Å². The average molecular weight is 290 g/mol. The van der Waals surface area contributed by atoms with Crippen LogP contribution in [-0.2, 0) is 0 Å². The summed E-state index contributed by atoms with van der Waals surface area (Å²) in [5, 5.41) is 0. The van der Waals surface area contributed by atoms with E-state index in [0.29, 0.717) is 6.61 Å². The fraction of sp³-hybridized carbons (Fsp3) is 0.529. The number of nitrogens with zero attached hydrogens (tertiary/aromatic N) is 1. The number of benzene rings is 1. The average Bonchev–Trinajstić information content (AvgIpc) is 2.54. The molecule has 1 heterocycles. The summed E-state index contributed by atoms with van der Waals surface area (Å²) in [6.45, 7) is 6.59. The maximum Gasteiger partial charge on any atom is 0.161 e. The van der Waals surface area contributed by atoms with Gasteiger partial charge in [0.05, 0.1) is 13.7 Å². The van der Waals surface area contributed by atoms with Crippen LogP contribution >= 0.6 is 0 Å². The van der Waals surface area contributed by atoms with Crippen LogP contribution in [-0.4, -0.2) is 44.8 Å². The lowest BCUT2D eigenvalue weighted by molar-refractivity contribution is 0.299. The predicted octanol–water partition coefficient (Wildman–Crippen LogP) is 2.53. The van der Waals surface area contributed by atoms with Gasteiger partial charge < -0.3 is 15.2 Å². The van der Waals surface area contributed by atoms with E-state index in [4.69, 9.17) is 15.2 Å². The Balaban J connectivity index is 2.07. The van der Waals surface area contributed by atoms with E-state index in [1.807, 2.05) is 13.0 Å². The molecule has 0 saturated heterocycles. The molecule has 0 amide bonds. The summed E-state index contributed by atoms with van der Waals surface area (Å²) in [5.41, 5.74) is 8.19.